The molecule has 0 aliphatic carbocycles. The van der Waals surface area contributed by atoms with Gasteiger partial charge in [0.2, 0.25) is 0 Å². The van der Waals surface area contributed by atoms with Gasteiger partial charge in [0.15, 0.2) is 0 Å². The fraction of sp³-hybridized carbons (Fsp3) is 0.333. The lowest BCUT2D eigenvalue weighted by Gasteiger charge is -2.11. The third-order valence-electron chi connectivity index (χ3n) is 4.15. The molecule has 6 nitrogen and oxygen atoms in total. The van der Waals surface area contributed by atoms with E-state index < -0.39 is 0 Å². The van der Waals surface area contributed by atoms with Gasteiger partial charge in [-0.2, -0.15) is 0 Å². The Labute approximate surface area is 180 Å². The fourth-order valence-corrected chi connectivity index (χ4v) is 3.65. The molecule has 1 amide bonds. The number of halogens is 1. The van der Waals surface area contributed by atoms with Crippen molar-refractivity contribution in [3.05, 3.63) is 44.6 Å². The molecule has 0 bridgehead atoms. The number of anilines is 1. The quantitative estimate of drug-likeness (QED) is 0.397. The molecule has 0 fully saturated rings. The van der Waals surface area contributed by atoms with Gasteiger partial charge in [0.05, 0.1) is 41.4 Å². The monoisotopic (exact) mass is 435 g/mol. The number of hydrogen-bond acceptors (Lipinski definition) is 5. The molecule has 29 heavy (non-hydrogen) atoms. The van der Waals surface area contributed by atoms with Crippen molar-refractivity contribution >= 4 is 52.1 Å². The molecule has 2 aromatic rings. The second-order valence-electron chi connectivity index (χ2n) is 6.35. The van der Waals surface area contributed by atoms with Gasteiger partial charge >= 0.3 is 0 Å². The van der Waals surface area contributed by atoms with E-state index in [1.54, 1.807) is 30.5 Å². The summed E-state index contributed by atoms with van der Waals surface area (Å²) in [6.07, 6.45) is 2.95. The molecule has 156 valence electrons. The van der Waals surface area contributed by atoms with E-state index in [2.05, 4.69) is 22.5 Å². The topological polar surface area (TPSA) is 83.0 Å². The van der Waals surface area contributed by atoms with Gasteiger partial charge < -0.3 is 20.5 Å². The van der Waals surface area contributed by atoms with Crippen molar-refractivity contribution in [2.75, 3.05) is 25.6 Å². The van der Waals surface area contributed by atoms with Gasteiger partial charge in [0.25, 0.3) is 5.91 Å². The normalized spacial score (nSPS) is 12.1. The first-order chi connectivity index (χ1) is 13.9. The summed E-state index contributed by atoms with van der Waals surface area (Å²) < 4.78 is 5.31. The van der Waals surface area contributed by atoms with Crippen LogP contribution in [0.2, 0.25) is 5.02 Å². The van der Waals surface area contributed by atoms with E-state index in [9.17, 15) is 4.79 Å². The molecule has 0 radical (unpaired) electrons. The molecule has 1 heterocycles. The number of aliphatic hydroxyl groups is 1. The third kappa shape index (κ3) is 6.32. The molecule has 0 saturated heterocycles. The van der Waals surface area contributed by atoms with E-state index in [-0.39, 0.29) is 12.5 Å². The minimum Gasteiger partial charge on any atom is -0.495 e. The minimum atomic E-state index is -0.302. The van der Waals surface area contributed by atoms with Crippen molar-refractivity contribution < 1.29 is 14.6 Å². The lowest BCUT2D eigenvalue weighted by Crippen LogP contribution is -2.23. The van der Waals surface area contributed by atoms with E-state index in [1.807, 2.05) is 13.0 Å². The zero-order chi connectivity index (χ0) is 21.4. The molecular formula is C21H26ClN3O3S. The number of nitrogens with zero attached hydrogens (tertiary/aromatic N) is 1. The summed E-state index contributed by atoms with van der Waals surface area (Å²) in [5.41, 5.74) is 2.72. The molecule has 1 aromatic carbocycles. The number of amidine groups is 1. The Hall–Kier alpha value is -2.35. The number of methoxy groups -OCH3 is 1. The summed E-state index contributed by atoms with van der Waals surface area (Å²) in [6, 6.07) is 5.04. The molecule has 3 N–H and O–H groups in total. The number of nitrogens with one attached hydrogen (secondary N) is 2. The van der Waals surface area contributed by atoms with Crippen LogP contribution in [0.1, 0.15) is 42.4 Å². The van der Waals surface area contributed by atoms with Crippen LogP contribution in [0.3, 0.4) is 0 Å². The molecular weight excluding hydrogens is 410 g/mol. The highest BCUT2D eigenvalue weighted by Gasteiger charge is 2.19. The Balaban J connectivity index is 2.43. The summed E-state index contributed by atoms with van der Waals surface area (Å²) in [4.78, 5) is 18.5. The Morgan fingerprint density at radius 3 is 2.79 bits per heavy atom. The number of allylic oxidation sites excluding steroid dienone is 1. The molecule has 2 rings (SSSR count). The van der Waals surface area contributed by atoms with E-state index in [4.69, 9.17) is 21.4 Å². The highest BCUT2D eigenvalue weighted by molar-refractivity contribution is 7.11. The Morgan fingerprint density at radius 1 is 1.38 bits per heavy atom. The van der Waals surface area contributed by atoms with E-state index in [1.165, 1.54) is 24.0 Å². The van der Waals surface area contributed by atoms with Crippen LogP contribution in [0.4, 0.5) is 11.4 Å². The maximum absolute atomic E-state index is 13.0. The number of aliphatic imine (C=N–C) groups is 1. The van der Waals surface area contributed by atoms with Crippen molar-refractivity contribution in [1.29, 1.82) is 0 Å². The molecule has 0 aliphatic rings. The number of carbonyl (C=O) groups is 1. The zero-order valence-electron chi connectivity index (χ0n) is 17.0. The van der Waals surface area contributed by atoms with Crippen LogP contribution in [0.5, 0.6) is 5.75 Å². The maximum Gasteiger partial charge on any atom is 0.258 e. The van der Waals surface area contributed by atoms with Crippen LogP contribution in [0.25, 0.3) is 6.08 Å². The SMILES string of the molecule is CC/C(C)=C/c1scc(C(=O)Nc2cc(Cl)ccc2OC)c1/N=C(\C)NCCO. The van der Waals surface area contributed by atoms with Crippen molar-refractivity contribution in [3.63, 3.8) is 0 Å². The van der Waals surface area contributed by atoms with E-state index in [0.717, 1.165) is 11.3 Å². The summed E-state index contributed by atoms with van der Waals surface area (Å²) in [7, 11) is 1.53. The van der Waals surface area contributed by atoms with Crippen LogP contribution < -0.4 is 15.4 Å². The van der Waals surface area contributed by atoms with Gasteiger partial charge in [-0.3, -0.25) is 4.79 Å². The Kier molecular flexibility index (Phi) is 8.70. The number of ether oxygens (including phenoxy) is 1. The number of carbonyl (C=O) groups excluding carboxylic acids is 1. The lowest BCUT2D eigenvalue weighted by atomic mass is 10.1. The Bertz CT molecular complexity index is 922. The molecule has 0 saturated carbocycles. The van der Waals surface area contributed by atoms with Crippen LogP contribution in [0, 0.1) is 0 Å². The third-order valence-corrected chi connectivity index (χ3v) is 5.31. The largest absolute Gasteiger partial charge is 0.495 e. The molecule has 8 heteroatoms. The number of benzene rings is 1. The van der Waals surface area contributed by atoms with Gasteiger partial charge in [-0.05, 0) is 44.5 Å². The molecule has 0 unspecified atom stereocenters. The summed E-state index contributed by atoms with van der Waals surface area (Å²) in [5.74, 6) is 0.839. The first-order valence-corrected chi connectivity index (χ1v) is 10.5. The van der Waals surface area contributed by atoms with E-state index in [0.29, 0.717) is 40.1 Å². The smallest absolute Gasteiger partial charge is 0.258 e. The number of amides is 1. The van der Waals surface area contributed by atoms with Crippen LogP contribution in [0.15, 0.2) is 34.1 Å². The van der Waals surface area contributed by atoms with Crippen molar-refractivity contribution in [1.82, 2.24) is 5.32 Å². The van der Waals surface area contributed by atoms with E-state index >= 15 is 0 Å². The molecule has 0 aliphatic heterocycles. The molecule has 0 spiro atoms. The summed E-state index contributed by atoms with van der Waals surface area (Å²) in [5, 5.41) is 17.2. The average Bonchev–Trinajstić information content (AvgIpc) is 3.08. The van der Waals surface area contributed by atoms with Gasteiger partial charge in [0.1, 0.15) is 5.75 Å². The predicted octanol–water partition coefficient (Wildman–Crippen LogP) is 5.11. The molecule has 1 aromatic heterocycles. The van der Waals surface area contributed by atoms with Crippen LogP contribution in [-0.4, -0.2) is 37.1 Å². The molecule has 0 atom stereocenters. The Morgan fingerprint density at radius 2 is 2.14 bits per heavy atom. The first kappa shape index (κ1) is 22.9. The number of rotatable bonds is 8. The van der Waals surface area contributed by atoms with Gasteiger partial charge in [-0.15, -0.1) is 11.3 Å². The predicted molar refractivity (Wildman–Crippen MR) is 122 cm³/mol. The second kappa shape index (κ2) is 11.0. The fourth-order valence-electron chi connectivity index (χ4n) is 2.48. The number of aliphatic hydroxyl groups excluding tert-OH is 1. The van der Waals surface area contributed by atoms with Crippen LogP contribution >= 0.6 is 22.9 Å². The van der Waals surface area contributed by atoms with Crippen molar-refractivity contribution in [2.24, 2.45) is 4.99 Å². The first-order valence-electron chi connectivity index (χ1n) is 9.23. The summed E-state index contributed by atoms with van der Waals surface area (Å²) in [6.45, 7) is 6.31. The zero-order valence-corrected chi connectivity index (χ0v) is 18.6. The minimum absolute atomic E-state index is 0.000103. The number of thiophene rings is 1. The standard InChI is InChI=1S/C21H26ClN3O3S/c1-5-13(2)10-19-20(24-14(3)23-8-9-26)16(12-29-19)21(27)25-17-11-15(22)6-7-18(17)28-4/h6-7,10-12,26H,5,8-9H2,1-4H3,(H,23,24)(H,25,27)/b13-10+. The van der Waals surface area contributed by atoms with Gasteiger partial charge in [-0.25, -0.2) is 4.99 Å². The average molecular weight is 436 g/mol. The maximum atomic E-state index is 13.0. The highest BCUT2D eigenvalue weighted by atomic mass is 35.5. The van der Waals surface area contributed by atoms with Crippen molar-refractivity contribution in [2.45, 2.75) is 27.2 Å². The lowest BCUT2D eigenvalue weighted by molar-refractivity contribution is 0.102. The van der Waals surface area contributed by atoms with Crippen LogP contribution in [-0.2, 0) is 0 Å². The van der Waals surface area contributed by atoms with Gasteiger partial charge in [-0.1, -0.05) is 24.1 Å². The van der Waals surface area contributed by atoms with Crippen molar-refractivity contribution in [3.8, 4) is 5.75 Å². The summed E-state index contributed by atoms with van der Waals surface area (Å²) >= 11 is 7.53. The number of hydrogen-bond donors (Lipinski definition) is 3. The highest BCUT2D eigenvalue weighted by Crippen LogP contribution is 2.35. The second-order valence-corrected chi connectivity index (χ2v) is 7.70. The van der Waals surface area contributed by atoms with Gasteiger partial charge in [0, 0.05) is 16.9 Å².